The van der Waals surface area contributed by atoms with Gasteiger partial charge in [-0.15, -0.1) is 0 Å². The molecule has 2 N–H and O–H groups in total. The predicted molar refractivity (Wildman–Crippen MR) is 56.6 cm³/mol. The molecule has 0 aliphatic rings. The van der Waals surface area contributed by atoms with Crippen LogP contribution in [-0.2, 0) is 6.18 Å². The minimum absolute atomic E-state index is 0.00863. The third kappa shape index (κ3) is 2.16. The molecule has 1 aromatic carbocycles. The first-order valence-corrected chi connectivity index (χ1v) is 4.88. The van der Waals surface area contributed by atoms with Crippen LogP contribution in [0, 0.1) is 4.77 Å². The van der Waals surface area contributed by atoms with Crippen molar-refractivity contribution in [2.24, 2.45) is 0 Å². The Morgan fingerprint density at radius 2 is 1.94 bits per heavy atom. The zero-order valence-electron chi connectivity index (χ0n) is 8.21. The minimum atomic E-state index is -4.46. The maximum absolute atomic E-state index is 12.5. The molecular weight excluding hydrogens is 255 g/mol. The molecule has 0 saturated carbocycles. The molecule has 1 heterocycles. The lowest BCUT2D eigenvalue weighted by molar-refractivity contribution is -0.137. The lowest BCUT2D eigenvalue weighted by Gasteiger charge is -2.08. The van der Waals surface area contributed by atoms with Crippen LogP contribution in [0.4, 0.5) is 13.2 Å². The van der Waals surface area contributed by atoms with Gasteiger partial charge in [0, 0.05) is 0 Å². The SMILES string of the molecule is O=c1[nH][nH]c(=S)n1-c1cccc(C(F)(F)F)c1. The average molecular weight is 261 g/mol. The predicted octanol–water partition coefficient (Wildman–Crippen LogP) is 2.24. The van der Waals surface area contributed by atoms with Gasteiger partial charge in [0.2, 0.25) is 4.77 Å². The van der Waals surface area contributed by atoms with Gasteiger partial charge in [0.25, 0.3) is 0 Å². The minimum Gasteiger partial charge on any atom is -0.272 e. The first-order valence-electron chi connectivity index (χ1n) is 4.47. The van der Waals surface area contributed by atoms with Crippen molar-refractivity contribution < 1.29 is 13.2 Å². The van der Waals surface area contributed by atoms with E-state index in [2.05, 4.69) is 10.2 Å². The van der Waals surface area contributed by atoms with Crippen LogP contribution in [0.1, 0.15) is 5.56 Å². The Morgan fingerprint density at radius 3 is 2.47 bits per heavy atom. The molecule has 0 saturated heterocycles. The maximum Gasteiger partial charge on any atom is 0.416 e. The largest absolute Gasteiger partial charge is 0.416 e. The van der Waals surface area contributed by atoms with Crippen LogP contribution in [0.5, 0.6) is 0 Å². The molecule has 0 bridgehead atoms. The van der Waals surface area contributed by atoms with Gasteiger partial charge in [-0.1, -0.05) is 6.07 Å². The molecule has 0 aliphatic heterocycles. The molecule has 4 nitrogen and oxygen atoms in total. The van der Waals surface area contributed by atoms with Crippen LogP contribution in [0.15, 0.2) is 29.1 Å². The Balaban J connectivity index is 2.63. The number of nitrogens with zero attached hydrogens (tertiary/aromatic N) is 1. The standard InChI is InChI=1S/C9H6F3N3OS/c10-9(11,12)5-2-1-3-6(4-5)15-7(16)13-14-8(15)17/h1-4H,(H,13,16)(H,14,17). The second-order valence-corrected chi connectivity index (χ2v) is 3.63. The topological polar surface area (TPSA) is 53.6 Å². The Hall–Kier alpha value is -1.83. The Kier molecular flexibility index (Phi) is 2.66. The smallest absolute Gasteiger partial charge is 0.272 e. The number of hydrogen-bond acceptors (Lipinski definition) is 2. The van der Waals surface area contributed by atoms with E-state index in [9.17, 15) is 18.0 Å². The summed E-state index contributed by atoms with van der Waals surface area (Å²) in [6.07, 6.45) is -4.46. The molecule has 8 heteroatoms. The van der Waals surface area contributed by atoms with Crippen molar-refractivity contribution in [1.29, 1.82) is 0 Å². The molecule has 0 spiro atoms. The van der Waals surface area contributed by atoms with Crippen LogP contribution in [-0.4, -0.2) is 14.8 Å². The van der Waals surface area contributed by atoms with E-state index in [0.717, 1.165) is 16.7 Å². The molecule has 0 fully saturated rings. The third-order valence-electron chi connectivity index (χ3n) is 2.11. The zero-order valence-corrected chi connectivity index (χ0v) is 9.02. The fraction of sp³-hybridized carbons (Fsp3) is 0.111. The lowest BCUT2D eigenvalue weighted by atomic mass is 10.2. The van der Waals surface area contributed by atoms with Gasteiger partial charge in [0.1, 0.15) is 0 Å². The Labute approximate surface area is 97.7 Å². The van der Waals surface area contributed by atoms with Crippen molar-refractivity contribution in [1.82, 2.24) is 14.8 Å². The van der Waals surface area contributed by atoms with Gasteiger partial charge < -0.3 is 0 Å². The third-order valence-corrected chi connectivity index (χ3v) is 2.40. The van der Waals surface area contributed by atoms with E-state index < -0.39 is 17.4 Å². The molecule has 17 heavy (non-hydrogen) atoms. The summed E-state index contributed by atoms with van der Waals surface area (Å²) in [5.41, 5.74) is -1.39. The van der Waals surface area contributed by atoms with Crippen molar-refractivity contribution in [2.75, 3.05) is 0 Å². The van der Waals surface area contributed by atoms with Crippen LogP contribution >= 0.6 is 12.2 Å². The van der Waals surface area contributed by atoms with E-state index in [1.54, 1.807) is 0 Å². The highest BCUT2D eigenvalue weighted by molar-refractivity contribution is 7.71. The number of rotatable bonds is 1. The van der Waals surface area contributed by atoms with E-state index in [4.69, 9.17) is 12.2 Å². The van der Waals surface area contributed by atoms with Crippen molar-refractivity contribution in [3.63, 3.8) is 0 Å². The molecule has 0 radical (unpaired) electrons. The summed E-state index contributed by atoms with van der Waals surface area (Å²) in [6, 6.07) is 4.37. The maximum atomic E-state index is 12.5. The number of aromatic nitrogens is 3. The van der Waals surface area contributed by atoms with Crippen LogP contribution in [0.2, 0.25) is 0 Å². The fourth-order valence-electron chi connectivity index (χ4n) is 1.37. The normalized spacial score (nSPS) is 11.7. The van der Waals surface area contributed by atoms with E-state index >= 15 is 0 Å². The Bertz CT molecular complexity index is 625. The summed E-state index contributed by atoms with van der Waals surface area (Å²) < 4.78 is 38.4. The summed E-state index contributed by atoms with van der Waals surface area (Å²) in [5.74, 6) is 0. The summed E-state index contributed by atoms with van der Waals surface area (Å²) in [4.78, 5) is 11.3. The van der Waals surface area contributed by atoms with Crippen molar-refractivity contribution >= 4 is 12.2 Å². The molecule has 0 unspecified atom stereocenters. The van der Waals surface area contributed by atoms with E-state index in [1.807, 2.05) is 0 Å². The molecular formula is C9H6F3N3OS. The number of aromatic amines is 2. The van der Waals surface area contributed by atoms with Crippen molar-refractivity contribution in [2.45, 2.75) is 6.18 Å². The number of H-pyrrole nitrogens is 2. The van der Waals surface area contributed by atoms with E-state index in [-0.39, 0.29) is 10.5 Å². The molecule has 1 aromatic heterocycles. The summed E-state index contributed by atoms with van der Waals surface area (Å²) in [6.45, 7) is 0. The van der Waals surface area contributed by atoms with Gasteiger partial charge in [-0.05, 0) is 30.4 Å². The highest BCUT2D eigenvalue weighted by Crippen LogP contribution is 2.30. The van der Waals surface area contributed by atoms with Gasteiger partial charge in [-0.2, -0.15) is 13.2 Å². The quantitative estimate of drug-likeness (QED) is 0.773. The average Bonchev–Trinajstić information content (AvgIpc) is 2.57. The van der Waals surface area contributed by atoms with E-state index in [0.29, 0.717) is 0 Å². The molecule has 2 aromatic rings. The van der Waals surface area contributed by atoms with Crippen molar-refractivity contribution in [3.05, 3.63) is 45.1 Å². The number of benzene rings is 1. The van der Waals surface area contributed by atoms with Crippen molar-refractivity contribution in [3.8, 4) is 5.69 Å². The first-order chi connectivity index (χ1) is 7.89. The molecule has 90 valence electrons. The van der Waals surface area contributed by atoms with Gasteiger partial charge in [0.15, 0.2) is 0 Å². The van der Waals surface area contributed by atoms with E-state index in [1.165, 1.54) is 12.1 Å². The summed E-state index contributed by atoms with van der Waals surface area (Å²) in [7, 11) is 0. The first kappa shape index (κ1) is 11.6. The van der Waals surface area contributed by atoms with Gasteiger partial charge in [0.05, 0.1) is 11.3 Å². The number of nitrogens with one attached hydrogen (secondary N) is 2. The monoisotopic (exact) mass is 261 g/mol. The second kappa shape index (κ2) is 3.88. The molecule has 2 rings (SSSR count). The fourth-order valence-corrected chi connectivity index (χ4v) is 1.61. The Morgan fingerprint density at radius 1 is 1.24 bits per heavy atom. The number of halogens is 3. The highest BCUT2D eigenvalue weighted by Gasteiger charge is 2.30. The van der Waals surface area contributed by atoms with Crippen LogP contribution < -0.4 is 5.69 Å². The summed E-state index contributed by atoms with van der Waals surface area (Å²) in [5, 5.41) is 4.54. The number of hydrogen-bond donors (Lipinski definition) is 2. The molecule has 0 atom stereocenters. The lowest BCUT2D eigenvalue weighted by Crippen LogP contribution is -2.15. The van der Waals surface area contributed by atoms with Gasteiger partial charge in [-0.25, -0.2) is 14.5 Å². The zero-order chi connectivity index (χ0) is 12.6. The second-order valence-electron chi connectivity index (χ2n) is 3.24. The summed E-state index contributed by atoms with van der Waals surface area (Å²) >= 11 is 4.79. The number of alkyl halides is 3. The molecule has 0 amide bonds. The molecule has 0 aliphatic carbocycles. The highest BCUT2D eigenvalue weighted by atomic mass is 32.1. The van der Waals surface area contributed by atoms with Gasteiger partial charge in [-0.3, -0.25) is 5.10 Å². The van der Waals surface area contributed by atoms with Gasteiger partial charge >= 0.3 is 11.9 Å². The van der Waals surface area contributed by atoms with Crippen LogP contribution in [0.3, 0.4) is 0 Å². The van der Waals surface area contributed by atoms with Crippen LogP contribution in [0.25, 0.3) is 5.69 Å².